The Bertz CT molecular complexity index is 460. The van der Waals surface area contributed by atoms with Crippen molar-refractivity contribution in [2.45, 2.75) is 13.0 Å². The topological polar surface area (TPSA) is 38.0 Å². The van der Waals surface area contributed by atoms with Gasteiger partial charge in [-0.05, 0) is 37.2 Å². The summed E-state index contributed by atoms with van der Waals surface area (Å²) in [5, 5.41) is 3.33. The zero-order chi connectivity index (χ0) is 12.3. The molecule has 0 amide bonds. The molecule has 0 fully saturated rings. The van der Waals surface area contributed by atoms with E-state index in [0.29, 0.717) is 0 Å². The van der Waals surface area contributed by atoms with Gasteiger partial charge in [0.05, 0.1) is 6.04 Å². The Labute approximate surface area is 102 Å². The van der Waals surface area contributed by atoms with Crippen LogP contribution in [0, 0.1) is 6.92 Å². The van der Waals surface area contributed by atoms with E-state index in [2.05, 4.69) is 42.6 Å². The molecule has 17 heavy (non-hydrogen) atoms. The van der Waals surface area contributed by atoms with E-state index in [1.54, 1.807) is 0 Å². The highest BCUT2D eigenvalue weighted by Crippen LogP contribution is 2.23. The fraction of sp³-hybridized carbons (Fsp3) is 0.200. The molecular formula is C15H18N2. The molecule has 3 N–H and O–H groups in total. The fourth-order valence-corrected chi connectivity index (χ4v) is 2.11. The normalized spacial score (nSPS) is 12.4. The third kappa shape index (κ3) is 2.66. The molecule has 2 rings (SSSR count). The summed E-state index contributed by atoms with van der Waals surface area (Å²) in [5.41, 5.74) is 10.4. The van der Waals surface area contributed by atoms with E-state index in [-0.39, 0.29) is 6.04 Å². The quantitative estimate of drug-likeness (QED) is 0.790. The predicted molar refractivity (Wildman–Crippen MR) is 72.9 cm³/mol. The molecule has 0 aliphatic rings. The van der Waals surface area contributed by atoms with Crippen molar-refractivity contribution >= 4 is 5.69 Å². The van der Waals surface area contributed by atoms with Crippen molar-refractivity contribution in [2.75, 3.05) is 12.8 Å². The molecule has 2 nitrogen and oxygen atoms in total. The van der Waals surface area contributed by atoms with Crippen LogP contribution in [0.15, 0.2) is 48.5 Å². The third-order valence-corrected chi connectivity index (χ3v) is 2.91. The molecule has 88 valence electrons. The molecule has 2 aromatic carbocycles. The van der Waals surface area contributed by atoms with Crippen molar-refractivity contribution in [3.05, 3.63) is 65.2 Å². The van der Waals surface area contributed by atoms with Crippen LogP contribution in [0.4, 0.5) is 5.69 Å². The summed E-state index contributed by atoms with van der Waals surface area (Å²) < 4.78 is 0. The highest BCUT2D eigenvalue weighted by Gasteiger charge is 2.11. The van der Waals surface area contributed by atoms with Crippen molar-refractivity contribution < 1.29 is 0 Å². The first-order chi connectivity index (χ1) is 8.20. The van der Waals surface area contributed by atoms with E-state index >= 15 is 0 Å². The van der Waals surface area contributed by atoms with Crippen molar-refractivity contribution in [3.8, 4) is 0 Å². The highest BCUT2D eigenvalue weighted by molar-refractivity contribution is 5.44. The van der Waals surface area contributed by atoms with Gasteiger partial charge in [-0.2, -0.15) is 0 Å². The second-order valence-electron chi connectivity index (χ2n) is 4.31. The number of nitrogens with one attached hydrogen (secondary N) is 1. The summed E-state index contributed by atoms with van der Waals surface area (Å²) in [5.74, 6) is 0. The van der Waals surface area contributed by atoms with Crippen molar-refractivity contribution in [3.63, 3.8) is 0 Å². The van der Waals surface area contributed by atoms with Gasteiger partial charge in [-0.15, -0.1) is 0 Å². The molecule has 0 heterocycles. The van der Waals surface area contributed by atoms with Crippen molar-refractivity contribution in [1.82, 2.24) is 5.32 Å². The molecule has 2 aromatic rings. The van der Waals surface area contributed by atoms with Gasteiger partial charge in [-0.1, -0.05) is 42.0 Å². The molecule has 0 saturated carbocycles. The number of aryl methyl sites for hydroxylation is 1. The van der Waals surface area contributed by atoms with Crippen LogP contribution < -0.4 is 11.1 Å². The SMILES string of the molecule is CNC(c1cccc(C)c1)c1cccc(N)c1. The molecule has 0 spiro atoms. The van der Waals surface area contributed by atoms with Crippen LogP contribution in [0.5, 0.6) is 0 Å². The number of nitrogen functional groups attached to an aromatic ring is 1. The minimum atomic E-state index is 0.193. The number of hydrogen-bond donors (Lipinski definition) is 2. The molecule has 2 heteroatoms. The number of benzene rings is 2. The molecule has 0 bridgehead atoms. The minimum absolute atomic E-state index is 0.193. The van der Waals surface area contributed by atoms with Crippen LogP contribution in [-0.4, -0.2) is 7.05 Å². The lowest BCUT2D eigenvalue weighted by Gasteiger charge is -2.18. The molecule has 0 aromatic heterocycles. The largest absolute Gasteiger partial charge is 0.399 e. The van der Waals surface area contributed by atoms with Gasteiger partial charge in [-0.3, -0.25) is 0 Å². The van der Waals surface area contributed by atoms with E-state index in [1.165, 1.54) is 16.7 Å². The number of nitrogens with two attached hydrogens (primary N) is 1. The minimum Gasteiger partial charge on any atom is -0.399 e. The van der Waals surface area contributed by atoms with Crippen LogP contribution in [0.25, 0.3) is 0 Å². The van der Waals surface area contributed by atoms with Gasteiger partial charge in [0.25, 0.3) is 0 Å². The summed E-state index contributed by atoms with van der Waals surface area (Å²) in [6, 6.07) is 16.7. The second-order valence-corrected chi connectivity index (χ2v) is 4.31. The maximum absolute atomic E-state index is 5.83. The Morgan fingerprint density at radius 1 is 1.00 bits per heavy atom. The smallest absolute Gasteiger partial charge is 0.0575 e. The Kier molecular flexibility index (Phi) is 3.45. The van der Waals surface area contributed by atoms with E-state index < -0.39 is 0 Å². The maximum Gasteiger partial charge on any atom is 0.0575 e. The maximum atomic E-state index is 5.83. The number of hydrogen-bond acceptors (Lipinski definition) is 2. The average molecular weight is 226 g/mol. The van der Waals surface area contributed by atoms with Gasteiger partial charge in [0.2, 0.25) is 0 Å². The van der Waals surface area contributed by atoms with Crippen LogP contribution in [0.1, 0.15) is 22.7 Å². The zero-order valence-electron chi connectivity index (χ0n) is 10.3. The standard InChI is InChI=1S/C15H18N2/c1-11-5-3-6-12(9-11)15(17-2)13-7-4-8-14(16)10-13/h3-10,15,17H,16H2,1-2H3. The molecule has 0 aliphatic carbocycles. The van der Waals surface area contributed by atoms with E-state index in [1.807, 2.05) is 25.2 Å². The van der Waals surface area contributed by atoms with Crippen LogP contribution in [-0.2, 0) is 0 Å². The van der Waals surface area contributed by atoms with Gasteiger partial charge < -0.3 is 11.1 Å². The van der Waals surface area contributed by atoms with E-state index in [9.17, 15) is 0 Å². The van der Waals surface area contributed by atoms with Crippen LogP contribution in [0.2, 0.25) is 0 Å². The first kappa shape index (κ1) is 11.7. The molecule has 1 atom stereocenters. The van der Waals surface area contributed by atoms with Gasteiger partial charge in [0.1, 0.15) is 0 Å². The summed E-state index contributed by atoms with van der Waals surface area (Å²) in [6.45, 7) is 2.11. The highest BCUT2D eigenvalue weighted by atomic mass is 14.9. The van der Waals surface area contributed by atoms with Gasteiger partial charge in [0.15, 0.2) is 0 Å². The molecular weight excluding hydrogens is 208 g/mol. The van der Waals surface area contributed by atoms with Crippen molar-refractivity contribution in [2.24, 2.45) is 0 Å². The number of anilines is 1. The van der Waals surface area contributed by atoms with Crippen LogP contribution >= 0.6 is 0 Å². The van der Waals surface area contributed by atoms with E-state index in [0.717, 1.165) is 5.69 Å². The zero-order valence-corrected chi connectivity index (χ0v) is 10.3. The second kappa shape index (κ2) is 5.02. The van der Waals surface area contributed by atoms with Crippen molar-refractivity contribution in [1.29, 1.82) is 0 Å². The Morgan fingerprint density at radius 3 is 2.24 bits per heavy atom. The lowest BCUT2D eigenvalue weighted by molar-refractivity contribution is 0.691. The fourth-order valence-electron chi connectivity index (χ4n) is 2.11. The Balaban J connectivity index is 2.40. The summed E-state index contributed by atoms with van der Waals surface area (Å²) in [6.07, 6.45) is 0. The predicted octanol–water partition coefficient (Wildman–Crippen LogP) is 2.89. The third-order valence-electron chi connectivity index (χ3n) is 2.91. The lowest BCUT2D eigenvalue weighted by atomic mass is 9.97. The monoisotopic (exact) mass is 226 g/mol. The molecule has 0 aliphatic heterocycles. The molecule has 0 saturated heterocycles. The van der Waals surface area contributed by atoms with E-state index in [4.69, 9.17) is 5.73 Å². The average Bonchev–Trinajstić information content (AvgIpc) is 2.30. The number of rotatable bonds is 3. The van der Waals surface area contributed by atoms with Gasteiger partial charge in [0, 0.05) is 5.69 Å². The summed E-state index contributed by atoms with van der Waals surface area (Å²) >= 11 is 0. The van der Waals surface area contributed by atoms with Gasteiger partial charge >= 0.3 is 0 Å². The summed E-state index contributed by atoms with van der Waals surface area (Å²) in [4.78, 5) is 0. The Hall–Kier alpha value is -1.80. The molecule has 1 unspecified atom stereocenters. The summed E-state index contributed by atoms with van der Waals surface area (Å²) in [7, 11) is 1.97. The van der Waals surface area contributed by atoms with Gasteiger partial charge in [-0.25, -0.2) is 0 Å². The van der Waals surface area contributed by atoms with Crippen LogP contribution in [0.3, 0.4) is 0 Å². The molecule has 0 radical (unpaired) electrons. The Morgan fingerprint density at radius 2 is 1.65 bits per heavy atom. The first-order valence-corrected chi connectivity index (χ1v) is 5.80. The lowest BCUT2D eigenvalue weighted by Crippen LogP contribution is -2.17. The first-order valence-electron chi connectivity index (χ1n) is 5.80.